The molecule has 2 N–H and O–H groups in total. The lowest BCUT2D eigenvalue weighted by molar-refractivity contribution is 0.594. The van der Waals surface area contributed by atoms with Gasteiger partial charge in [-0.05, 0) is 42.9 Å². The highest BCUT2D eigenvalue weighted by atomic mass is 15.1. The summed E-state index contributed by atoms with van der Waals surface area (Å²) >= 11 is 0. The van der Waals surface area contributed by atoms with Gasteiger partial charge >= 0.3 is 0 Å². The van der Waals surface area contributed by atoms with E-state index in [1.807, 2.05) is 23.9 Å². The third kappa shape index (κ3) is 1.51. The molecule has 1 atom stereocenters. The molecular weight excluding hydrogens is 186 g/mol. The van der Waals surface area contributed by atoms with Crippen molar-refractivity contribution in [3.63, 3.8) is 0 Å². The third-order valence-corrected chi connectivity index (χ3v) is 3.86. The Bertz CT molecular complexity index is 442. The van der Waals surface area contributed by atoms with Gasteiger partial charge in [-0.3, -0.25) is 5.41 Å². The van der Waals surface area contributed by atoms with Gasteiger partial charge < -0.3 is 9.88 Å². The summed E-state index contributed by atoms with van der Waals surface area (Å²) in [4.78, 5) is 0. The fourth-order valence-electron chi connectivity index (χ4n) is 2.56. The predicted octanol–water partition coefficient (Wildman–Crippen LogP) is 1.11. The largest absolute Gasteiger partial charge is 0.337 e. The molecule has 15 heavy (non-hydrogen) atoms. The summed E-state index contributed by atoms with van der Waals surface area (Å²) in [6.07, 6.45) is 5.95. The molecule has 0 aromatic carbocycles. The Kier molecular flexibility index (Phi) is 1.80. The van der Waals surface area contributed by atoms with Crippen LogP contribution in [0.25, 0.3) is 0 Å². The molecule has 2 heterocycles. The Labute approximate surface area is 89.6 Å². The second-order valence-electron chi connectivity index (χ2n) is 5.02. The van der Waals surface area contributed by atoms with Crippen LogP contribution >= 0.6 is 0 Å². The zero-order valence-corrected chi connectivity index (χ0v) is 9.09. The minimum absolute atomic E-state index is 0.491. The van der Waals surface area contributed by atoms with E-state index in [1.165, 1.54) is 24.8 Å². The maximum absolute atomic E-state index is 7.78. The lowest BCUT2D eigenvalue weighted by Gasteiger charge is -2.10. The van der Waals surface area contributed by atoms with Crippen LogP contribution < -0.4 is 10.8 Å². The molecule has 1 aliphatic carbocycles. The minimum Gasteiger partial charge on any atom is -0.337 e. The van der Waals surface area contributed by atoms with Crippen molar-refractivity contribution in [2.24, 2.45) is 7.05 Å². The van der Waals surface area contributed by atoms with Gasteiger partial charge in [0.25, 0.3) is 0 Å². The molecule has 3 heteroatoms. The first-order chi connectivity index (χ1) is 7.19. The predicted molar refractivity (Wildman–Crippen MR) is 58.6 cm³/mol. The molecular formula is C12H17N3. The molecule has 0 radical (unpaired) electrons. The monoisotopic (exact) mass is 203 g/mol. The number of nitrogens with zero attached hydrogens (tertiary/aromatic N) is 1. The number of rotatable bonds is 1. The number of hydrogen-bond acceptors (Lipinski definition) is 2. The number of aryl methyl sites for hydroxylation is 1. The van der Waals surface area contributed by atoms with Crippen molar-refractivity contribution in [3.8, 4) is 0 Å². The zero-order chi connectivity index (χ0) is 10.5. The first-order valence-corrected chi connectivity index (χ1v) is 5.65. The number of pyridine rings is 1. The van der Waals surface area contributed by atoms with Crippen LogP contribution in [-0.2, 0) is 7.05 Å². The van der Waals surface area contributed by atoms with Crippen LogP contribution in [0.2, 0.25) is 0 Å². The Hall–Kier alpha value is -1.09. The fourth-order valence-corrected chi connectivity index (χ4v) is 2.56. The van der Waals surface area contributed by atoms with Crippen LogP contribution in [-0.4, -0.2) is 16.7 Å². The van der Waals surface area contributed by atoms with Crippen molar-refractivity contribution in [1.29, 1.82) is 5.41 Å². The Morgan fingerprint density at radius 2 is 2.33 bits per heavy atom. The van der Waals surface area contributed by atoms with E-state index >= 15 is 0 Å². The molecule has 1 unspecified atom stereocenters. The number of hydrogen-bond donors (Lipinski definition) is 2. The molecule has 80 valence electrons. The molecule has 1 aliphatic heterocycles. The molecule has 3 rings (SSSR count). The SMILES string of the molecule is Cn1ccc(C2CNC3(CC3)C2)cc1=N. The standard InChI is InChI=1S/C12H17N3/c1-15-5-2-9(6-11(15)13)10-7-12(3-4-12)14-8-10/h2,5-6,10,13-14H,3-4,7-8H2,1H3. The summed E-state index contributed by atoms with van der Waals surface area (Å²) in [7, 11) is 1.92. The van der Waals surface area contributed by atoms with E-state index in [9.17, 15) is 0 Å². The lowest BCUT2D eigenvalue weighted by Crippen LogP contribution is -2.22. The quantitative estimate of drug-likeness (QED) is 0.705. The Morgan fingerprint density at radius 3 is 2.93 bits per heavy atom. The highest BCUT2D eigenvalue weighted by Crippen LogP contribution is 2.47. The second-order valence-corrected chi connectivity index (χ2v) is 5.02. The Morgan fingerprint density at radius 1 is 1.53 bits per heavy atom. The van der Waals surface area contributed by atoms with Crippen LogP contribution in [0, 0.1) is 5.41 Å². The topological polar surface area (TPSA) is 40.8 Å². The first-order valence-electron chi connectivity index (χ1n) is 5.65. The fraction of sp³-hybridized carbons (Fsp3) is 0.583. The van der Waals surface area contributed by atoms with Crippen LogP contribution in [0.3, 0.4) is 0 Å². The molecule has 1 spiro atoms. The molecule has 1 aromatic rings. The molecule has 2 fully saturated rings. The summed E-state index contributed by atoms with van der Waals surface area (Å²) in [5.41, 5.74) is 2.42. The molecule has 1 saturated carbocycles. The third-order valence-electron chi connectivity index (χ3n) is 3.86. The normalized spacial score (nSPS) is 27.1. The minimum atomic E-state index is 0.491. The highest BCUT2D eigenvalue weighted by Gasteiger charge is 2.48. The van der Waals surface area contributed by atoms with Gasteiger partial charge in [0.2, 0.25) is 0 Å². The maximum Gasteiger partial charge on any atom is 0.124 e. The van der Waals surface area contributed by atoms with Crippen LogP contribution in [0.15, 0.2) is 18.3 Å². The molecule has 2 aliphatic rings. The highest BCUT2D eigenvalue weighted by molar-refractivity contribution is 5.23. The summed E-state index contributed by atoms with van der Waals surface area (Å²) < 4.78 is 1.85. The van der Waals surface area contributed by atoms with Gasteiger partial charge in [0.1, 0.15) is 5.49 Å². The van der Waals surface area contributed by atoms with E-state index in [0.717, 1.165) is 6.54 Å². The van der Waals surface area contributed by atoms with E-state index in [2.05, 4.69) is 11.4 Å². The van der Waals surface area contributed by atoms with Gasteiger partial charge in [0.15, 0.2) is 0 Å². The molecule has 3 nitrogen and oxygen atoms in total. The molecule has 0 bridgehead atoms. The summed E-state index contributed by atoms with van der Waals surface area (Å²) in [6, 6.07) is 4.17. The van der Waals surface area contributed by atoms with Gasteiger partial charge in [-0.2, -0.15) is 0 Å². The van der Waals surface area contributed by atoms with Crippen LogP contribution in [0.1, 0.15) is 30.7 Å². The van der Waals surface area contributed by atoms with Gasteiger partial charge in [-0.1, -0.05) is 0 Å². The summed E-state index contributed by atoms with van der Waals surface area (Å²) in [5, 5.41) is 11.4. The van der Waals surface area contributed by atoms with Crippen molar-refractivity contribution in [1.82, 2.24) is 9.88 Å². The zero-order valence-electron chi connectivity index (χ0n) is 9.09. The van der Waals surface area contributed by atoms with E-state index in [0.29, 0.717) is 16.9 Å². The van der Waals surface area contributed by atoms with Crippen molar-refractivity contribution in [3.05, 3.63) is 29.4 Å². The number of aromatic nitrogens is 1. The average molecular weight is 203 g/mol. The summed E-state index contributed by atoms with van der Waals surface area (Å²) in [6.45, 7) is 1.09. The van der Waals surface area contributed by atoms with Gasteiger partial charge in [-0.15, -0.1) is 0 Å². The van der Waals surface area contributed by atoms with E-state index in [4.69, 9.17) is 5.41 Å². The molecule has 1 saturated heterocycles. The van der Waals surface area contributed by atoms with Crippen molar-refractivity contribution in [2.75, 3.05) is 6.54 Å². The summed E-state index contributed by atoms with van der Waals surface area (Å²) in [5.74, 6) is 0.623. The Balaban J connectivity index is 1.87. The van der Waals surface area contributed by atoms with E-state index in [-0.39, 0.29) is 0 Å². The van der Waals surface area contributed by atoms with Crippen LogP contribution in [0.5, 0.6) is 0 Å². The molecule has 0 amide bonds. The smallest absolute Gasteiger partial charge is 0.124 e. The van der Waals surface area contributed by atoms with Gasteiger partial charge in [-0.25, -0.2) is 0 Å². The van der Waals surface area contributed by atoms with E-state index in [1.54, 1.807) is 0 Å². The van der Waals surface area contributed by atoms with Crippen LogP contribution in [0.4, 0.5) is 0 Å². The van der Waals surface area contributed by atoms with E-state index < -0.39 is 0 Å². The van der Waals surface area contributed by atoms with Crippen molar-refractivity contribution < 1.29 is 0 Å². The van der Waals surface area contributed by atoms with Gasteiger partial charge in [0, 0.05) is 25.3 Å². The van der Waals surface area contributed by atoms with Crippen molar-refractivity contribution >= 4 is 0 Å². The van der Waals surface area contributed by atoms with Crippen molar-refractivity contribution in [2.45, 2.75) is 30.7 Å². The second kappa shape index (κ2) is 2.95. The first kappa shape index (κ1) is 9.16. The molecule has 1 aromatic heterocycles. The average Bonchev–Trinajstić information content (AvgIpc) is 2.82. The number of nitrogens with one attached hydrogen (secondary N) is 2. The maximum atomic E-state index is 7.78. The lowest BCUT2D eigenvalue weighted by atomic mass is 9.96. The van der Waals surface area contributed by atoms with Gasteiger partial charge in [0.05, 0.1) is 0 Å².